The number of aryl methyl sites for hydroxylation is 1. The van der Waals surface area contributed by atoms with Crippen LogP contribution in [0.3, 0.4) is 0 Å². The summed E-state index contributed by atoms with van der Waals surface area (Å²) in [4.78, 5) is 4.12. The van der Waals surface area contributed by atoms with Crippen molar-refractivity contribution in [2.45, 2.75) is 19.4 Å². The predicted molar refractivity (Wildman–Crippen MR) is 50.0 cm³/mol. The maximum Gasteiger partial charge on any atom is 0.202 e. The molecular weight excluding hydrogens is 152 g/mol. The Bertz CT molecular complexity index is 246. The highest BCUT2D eigenvalue weighted by Gasteiger charge is 2.10. The van der Waals surface area contributed by atoms with Gasteiger partial charge in [-0.3, -0.25) is 0 Å². The van der Waals surface area contributed by atoms with Crippen LogP contribution in [-0.2, 0) is 7.05 Å². The fourth-order valence-electron chi connectivity index (χ4n) is 0.843. The van der Waals surface area contributed by atoms with Crippen LogP contribution in [0.1, 0.15) is 13.8 Å². The third-order valence-corrected chi connectivity index (χ3v) is 1.52. The molecule has 1 rings (SSSR count). The highest BCUT2D eigenvalue weighted by atomic mass is 15.2. The summed E-state index contributed by atoms with van der Waals surface area (Å²) in [5, 5.41) is 3.16. The molecule has 0 aliphatic heterocycles. The quantitative estimate of drug-likeness (QED) is 0.693. The van der Waals surface area contributed by atoms with E-state index in [1.807, 2.05) is 31.7 Å². The van der Waals surface area contributed by atoms with Gasteiger partial charge < -0.3 is 15.6 Å². The molecule has 4 nitrogen and oxygen atoms in total. The number of aromatic nitrogens is 2. The van der Waals surface area contributed by atoms with Crippen molar-refractivity contribution in [1.82, 2.24) is 9.55 Å². The normalized spacial score (nSPS) is 11.7. The standard InChI is InChI=1S/C8H16N4/c1-8(2,9)6-11-7-10-4-5-12(7)3/h4-5H,6,9H2,1-3H3,(H,10,11). The van der Waals surface area contributed by atoms with Crippen LogP contribution in [0, 0.1) is 0 Å². The number of anilines is 1. The second-order valence-corrected chi connectivity index (χ2v) is 3.70. The van der Waals surface area contributed by atoms with Crippen molar-refractivity contribution in [3.8, 4) is 0 Å². The van der Waals surface area contributed by atoms with E-state index in [4.69, 9.17) is 5.73 Å². The molecule has 0 aliphatic rings. The molecule has 0 atom stereocenters. The van der Waals surface area contributed by atoms with Crippen molar-refractivity contribution in [3.05, 3.63) is 12.4 Å². The van der Waals surface area contributed by atoms with E-state index in [9.17, 15) is 0 Å². The number of nitrogens with two attached hydrogens (primary N) is 1. The van der Waals surface area contributed by atoms with Crippen LogP contribution in [-0.4, -0.2) is 21.6 Å². The molecule has 0 spiro atoms. The Morgan fingerprint density at radius 1 is 1.67 bits per heavy atom. The molecule has 0 amide bonds. The monoisotopic (exact) mass is 168 g/mol. The van der Waals surface area contributed by atoms with Gasteiger partial charge in [-0.05, 0) is 13.8 Å². The molecule has 1 aromatic heterocycles. The van der Waals surface area contributed by atoms with E-state index in [1.54, 1.807) is 6.20 Å². The molecule has 1 aromatic rings. The summed E-state index contributed by atoms with van der Waals surface area (Å²) in [6.45, 7) is 4.67. The van der Waals surface area contributed by atoms with Gasteiger partial charge in [-0.15, -0.1) is 0 Å². The van der Waals surface area contributed by atoms with Gasteiger partial charge in [0.15, 0.2) is 0 Å². The minimum atomic E-state index is -0.202. The number of imidazole rings is 1. The Morgan fingerprint density at radius 2 is 2.33 bits per heavy atom. The fraction of sp³-hybridized carbons (Fsp3) is 0.625. The lowest BCUT2D eigenvalue weighted by atomic mass is 10.1. The average molecular weight is 168 g/mol. The van der Waals surface area contributed by atoms with Crippen LogP contribution < -0.4 is 11.1 Å². The van der Waals surface area contributed by atoms with Crippen LogP contribution in [0.5, 0.6) is 0 Å². The van der Waals surface area contributed by atoms with E-state index in [-0.39, 0.29) is 5.54 Å². The minimum absolute atomic E-state index is 0.202. The van der Waals surface area contributed by atoms with Gasteiger partial charge in [0.25, 0.3) is 0 Å². The third-order valence-electron chi connectivity index (χ3n) is 1.52. The first-order valence-electron chi connectivity index (χ1n) is 3.99. The van der Waals surface area contributed by atoms with Crippen molar-refractivity contribution in [3.63, 3.8) is 0 Å². The molecule has 0 saturated carbocycles. The van der Waals surface area contributed by atoms with Gasteiger partial charge in [-0.1, -0.05) is 0 Å². The molecule has 0 aliphatic carbocycles. The van der Waals surface area contributed by atoms with Gasteiger partial charge in [0.1, 0.15) is 0 Å². The van der Waals surface area contributed by atoms with Gasteiger partial charge in [0.2, 0.25) is 5.95 Å². The van der Waals surface area contributed by atoms with Crippen LogP contribution in [0.15, 0.2) is 12.4 Å². The summed E-state index contributed by atoms with van der Waals surface area (Å²) in [7, 11) is 1.94. The maximum atomic E-state index is 5.80. The molecule has 3 N–H and O–H groups in total. The molecule has 0 unspecified atom stereocenters. The summed E-state index contributed by atoms with van der Waals surface area (Å²) in [5.41, 5.74) is 5.60. The summed E-state index contributed by atoms with van der Waals surface area (Å²) >= 11 is 0. The summed E-state index contributed by atoms with van der Waals surface area (Å²) in [6, 6.07) is 0. The molecule has 0 aromatic carbocycles. The Morgan fingerprint density at radius 3 is 2.75 bits per heavy atom. The zero-order valence-electron chi connectivity index (χ0n) is 7.83. The average Bonchev–Trinajstić information content (AvgIpc) is 2.29. The highest BCUT2D eigenvalue weighted by Crippen LogP contribution is 2.03. The molecule has 1 heterocycles. The zero-order chi connectivity index (χ0) is 9.19. The third kappa shape index (κ3) is 2.54. The number of rotatable bonds is 3. The summed E-state index contributed by atoms with van der Waals surface area (Å²) in [6.07, 6.45) is 3.65. The Hall–Kier alpha value is -1.03. The van der Waals surface area contributed by atoms with Crippen molar-refractivity contribution >= 4 is 5.95 Å². The second-order valence-electron chi connectivity index (χ2n) is 3.70. The minimum Gasteiger partial charge on any atom is -0.354 e. The summed E-state index contributed by atoms with van der Waals surface area (Å²) in [5.74, 6) is 0.855. The largest absolute Gasteiger partial charge is 0.354 e. The first kappa shape index (κ1) is 9.06. The molecular formula is C8H16N4. The SMILES string of the molecule is Cn1ccnc1NCC(C)(C)N. The van der Waals surface area contributed by atoms with Crippen LogP contribution in [0.4, 0.5) is 5.95 Å². The van der Waals surface area contributed by atoms with Crippen molar-refractivity contribution in [1.29, 1.82) is 0 Å². The Labute approximate surface area is 72.8 Å². The Balaban J connectivity index is 2.49. The van der Waals surface area contributed by atoms with Gasteiger partial charge in [-0.25, -0.2) is 4.98 Å². The lowest BCUT2D eigenvalue weighted by molar-refractivity contribution is 0.546. The van der Waals surface area contributed by atoms with Crippen LogP contribution in [0.25, 0.3) is 0 Å². The number of hydrogen-bond donors (Lipinski definition) is 2. The van der Waals surface area contributed by atoms with E-state index >= 15 is 0 Å². The van der Waals surface area contributed by atoms with Crippen molar-refractivity contribution in [2.24, 2.45) is 12.8 Å². The molecule has 4 heteroatoms. The molecule has 0 fully saturated rings. The molecule has 0 radical (unpaired) electrons. The fourth-order valence-corrected chi connectivity index (χ4v) is 0.843. The molecule has 12 heavy (non-hydrogen) atoms. The topological polar surface area (TPSA) is 55.9 Å². The summed E-state index contributed by atoms with van der Waals surface area (Å²) < 4.78 is 1.92. The Kier molecular flexibility index (Phi) is 2.38. The van der Waals surface area contributed by atoms with Crippen molar-refractivity contribution in [2.75, 3.05) is 11.9 Å². The maximum absolute atomic E-state index is 5.80. The molecule has 0 bridgehead atoms. The van der Waals surface area contributed by atoms with E-state index in [2.05, 4.69) is 10.3 Å². The lowest BCUT2D eigenvalue weighted by Crippen LogP contribution is -2.40. The first-order valence-corrected chi connectivity index (χ1v) is 3.99. The van der Waals surface area contributed by atoms with E-state index in [0.717, 1.165) is 12.5 Å². The van der Waals surface area contributed by atoms with Gasteiger partial charge >= 0.3 is 0 Å². The predicted octanol–water partition coefficient (Wildman–Crippen LogP) is 0.569. The van der Waals surface area contributed by atoms with Gasteiger partial charge in [0, 0.05) is 31.5 Å². The van der Waals surface area contributed by atoms with Crippen LogP contribution in [0.2, 0.25) is 0 Å². The number of nitrogens with one attached hydrogen (secondary N) is 1. The first-order chi connectivity index (χ1) is 5.49. The zero-order valence-corrected chi connectivity index (χ0v) is 7.83. The second kappa shape index (κ2) is 3.15. The van der Waals surface area contributed by atoms with E-state index in [1.165, 1.54) is 0 Å². The van der Waals surface area contributed by atoms with Crippen molar-refractivity contribution < 1.29 is 0 Å². The molecule has 0 saturated heterocycles. The van der Waals surface area contributed by atoms with E-state index < -0.39 is 0 Å². The van der Waals surface area contributed by atoms with Gasteiger partial charge in [-0.2, -0.15) is 0 Å². The number of nitrogens with zero attached hydrogens (tertiary/aromatic N) is 2. The van der Waals surface area contributed by atoms with Crippen LogP contribution >= 0.6 is 0 Å². The van der Waals surface area contributed by atoms with E-state index in [0.29, 0.717) is 0 Å². The highest BCUT2D eigenvalue weighted by molar-refractivity contribution is 5.25. The number of hydrogen-bond acceptors (Lipinski definition) is 3. The van der Waals surface area contributed by atoms with Gasteiger partial charge in [0.05, 0.1) is 0 Å². The molecule has 68 valence electrons. The lowest BCUT2D eigenvalue weighted by Gasteiger charge is -2.19. The smallest absolute Gasteiger partial charge is 0.202 e.